The Hall–Kier alpha value is -3.37. The van der Waals surface area contributed by atoms with Crippen LogP contribution in [0, 0.1) is 24.2 Å². The van der Waals surface area contributed by atoms with Crippen molar-refractivity contribution in [2.45, 2.75) is 32.9 Å². The molecule has 1 aliphatic carbocycles. The highest BCUT2D eigenvalue weighted by molar-refractivity contribution is 6.13. The van der Waals surface area contributed by atoms with Crippen LogP contribution in [0.15, 0.2) is 36.8 Å². The fraction of sp³-hybridized carbons (Fsp3) is 0.286. The third kappa shape index (κ3) is 3.55. The summed E-state index contributed by atoms with van der Waals surface area (Å²) in [6.07, 6.45) is 7.53. The number of rotatable bonds is 6. The van der Waals surface area contributed by atoms with Gasteiger partial charge in [-0.05, 0) is 43.9 Å². The molecule has 0 atom stereocenters. The minimum absolute atomic E-state index is 0.182. The van der Waals surface area contributed by atoms with Crippen LogP contribution in [-0.4, -0.2) is 25.5 Å². The van der Waals surface area contributed by atoms with Crippen molar-refractivity contribution in [3.63, 3.8) is 0 Å². The number of carbonyl (C=O) groups excluding carboxylic acids is 1. The minimum Gasteiger partial charge on any atom is -0.326 e. The predicted octanol–water partition coefficient (Wildman–Crippen LogP) is 2.62. The largest absolute Gasteiger partial charge is 0.326 e. The second-order valence-electron chi connectivity index (χ2n) is 7.11. The molecule has 0 spiro atoms. The van der Waals surface area contributed by atoms with Crippen molar-refractivity contribution in [1.82, 2.24) is 19.7 Å². The number of nitrogens with two attached hydrogens (primary N) is 1. The molecule has 140 valence electrons. The van der Waals surface area contributed by atoms with E-state index in [1.165, 1.54) is 12.8 Å². The molecule has 2 aromatic heterocycles. The molecule has 0 radical (unpaired) electrons. The molecule has 0 bridgehead atoms. The number of benzene rings is 1. The third-order valence-corrected chi connectivity index (χ3v) is 4.91. The molecule has 7 heteroatoms. The van der Waals surface area contributed by atoms with Crippen LogP contribution in [0.5, 0.6) is 0 Å². The Morgan fingerprint density at radius 3 is 2.68 bits per heavy atom. The van der Waals surface area contributed by atoms with E-state index >= 15 is 0 Å². The first kappa shape index (κ1) is 18.0. The van der Waals surface area contributed by atoms with Gasteiger partial charge in [-0.15, -0.1) is 0 Å². The monoisotopic (exact) mass is 372 g/mol. The highest BCUT2D eigenvalue weighted by Crippen LogP contribution is 2.31. The third-order valence-electron chi connectivity index (χ3n) is 4.91. The van der Waals surface area contributed by atoms with E-state index in [1.54, 1.807) is 36.8 Å². The van der Waals surface area contributed by atoms with Crippen LogP contribution in [0.4, 0.5) is 0 Å². The van der Waals surface area contributed by atoms with Gasteiger partial charge >= 0.3 is 0 Å². The van der Waals surface area contributed by atoms with Gasteiger partial charge in [-0.25, -0.2) is 9.97 Å². The summed E-state index contributed by atoms with van der Waals surface area (Å²) in [5.41, 5.74) is 9.03. The van der Waals surface area contributed by atoms with Crippen LogP contribution in [0.3, 0.4) is 0 Å². The summed E-state index contributed by atoms with van der Waals surface area (Å²) in [4.78, 5) is 22.0. The van der Waals surface area contributed by atoms with E-state index in [2.05, 4.69) is 21.1 Å². The van der Waals surface area contributed by atoms with Gasteiger partial charge in [0, 0.05) is 48.4 Å². The van der Waals surface area contributed by atoms with Gasteiger partial charge in [0.1, 0.15) is 0 Å². The number of hydrogen-bond acceptors (Lipinski definition) is 6. The summed E-state index contributed by atoms with van der Waals surface area (Å²) in [6, 6.07) is 7.07. The van der Waals surface area contributed by atoms with Gasteiger partial charge in [-0.2, -0.15) is 10.4 Å². The van der Waals surface area contributed by atoms with Crippen molar-refractivity contribution in [3.05, 3.63) is 64.7 Å². The Balaban J connectivity index is 1.75. The molecule has 2 N–H and O–H groups in total. The molecule has 1 fully saturated rings. The number of nitriles is 1. The summed E-state index contributed by atoms with van der Waals surface area (Å²) in [5, 5.41) is 13.8. The number of nitrogens with zero attached hydrogens (tertiary/aromatic N) is 5. The summed E-state index contributed by atoms with van der Waals surface area (Å²) in [5.74, 6) is 0.903. The van der Waals surface area contributed by atoms with Gasteiger partial charge in [0.05, 0.1) is 22.9 Å². The van der Waals surface area contributed by atoms with Gasteiger partial charge in [-0.1, -0.05) is 0 Å². The topological polar surface area (TPSA) is 110 Å². The van der Waals surface area contributed by atoms with Crippen LogP contribution in [0.25, 0.3) is 11.4 Å². The Bertz CT molecular complexity index is 1070. The fourth-order valence-electron chi connectivity index (χ4n) is 3.14. The molecule has 1 saturated carbocycles. The van der Waals surface area contributed by atoms with Crippen LogP contribution in [-0.2, 0) is 13.1 Å². The maximum Gasteiger partial charge on any atom is 0.197 e. The van der Waals surface area contributed by atoms with Gasteiger partial charge in [0.15, 0.2) is 11.6 Å². The van der Waals surface area contributed by atoms with E-state index in [-0.39, 0.29) is 5.78 Å². The summed E-state index contributed by atoms with van der Waals surface area (Å²) in [6.45, 7) is 3.01. The van der Waals surface area contributed by atoms with Crippen molar-refractivity contribution < 1.29 is 4.79 Å². The average Bonchev–Trinajstić information content (AvgIpc) is 3.47. The second kappa shape index (κ2) is 7.33. The van der Waals surface area contributed by atoms with Crippen molar-refractivity contribution in [2.75, 3.05) is 0 Å². The number of aryl methyl sites for hydroxylation is 1. The molecule has 0 unspecified atom stereocenters. The summed E-state index contributed by atoms with van der Waals surface area (Å²) in [7, 11) is 0. The molecule has 0 amide bonds. The summed E-state index contributed by atoms with van der Waals surface area (Å²) >= 11 is 0. The number of carbonyl (C=O) groups is 1. The summed E-state index contributed by atoms with van der Waals surface area (Å²) < 4.78 is 1.85. The minimum atomic E-state index is -0.182. The molecule has 7 nitrogen and oxygen atoms in total. The van der Waals surface area contributed by atoms with Gasteiger partial charge in [0.25, 0.3) is 0 Å². The molecule has 2 heterocycles. The van der Waals surface area contributed by atoms with E-state index in [1.807, 2.05) is 11.6 Å². The zero-order chi connectivity index (χ0) is 19.7. The van der Waals surface area contributed by atoms with Crippen molar-refractivity contribution in [3.8, 4) is 17.5 Å². The van der Waals surface area contributed by atoms with Gasteiger partial charge < -0.3 is 5.73 Å². The Labute approximate surface area is 162 Å². The van der Waals surface area contributed by atoms with Crippen LogP contribution in [0.2, 0.25) is 0 Å². The fourth-order valence-corrected chi connectivity index (χ4v) is 3.14. The van der Waals surface area contributed by atoms with E-state index < -0.39 is 0 Å². The predicted molar refractivity (Wildman–Crippen MR) is 103 cm³/mol. The molecule has 3 aromatic rings. The lowest BCUT2D eigenvalue weighted by molar-refractivity contribution is 0.103. The van der Waals surface area contributed by atoms with E-state index in [9.17, 15) is 10.1 Å². The highest BCUT2D eigenvalue weighted by Gasteiger charge is 2.25. The number of aromatic nitrogens is 4. The van der Waals surface area contributed by atoms with Crippen molar-refractivity contribution >= 4 is 5.78 Å². The first-order chi connectivity index (χ1) is 13.6. The number of hydrogen-bond donors (Lipinski definition) is 1. The lowest BCUT2D eigenvalue weighted by Gasteiger charge is -2.08. The maximum absolute atomic E-state index is 13.3. The van der Waals surface area contributed by atoms with Crippen LogP contribution in [0.1, 0.15) is 45.6 Å². The van der Waals surface area contributed by atoms with Gasteiger partial charge in [-0.3, -0.25) is 9.48 Å². The highest BCUT2D eigenvalue weighted by atomic mass is 16.1. The molecular weight excluding hydrogens is 352 g/mol. The Kier molecular flexibility index (Phi) is 4.72. The Morgan fingerprint density at radius 1 is 1.29 bits per heavy atom. The van der Waals surface area contributed by atoms with Gasteiger partial charge in [0.2, 0.25) is 0 Å². The molecule has 28 heavy (non-hydrogen) atoms. The molecule has 1 aliphatic rings. The molecule has 4 rings (SSSR count). The maximum atomic E-state index is 13.3. The molecule has 1 aromatic carbocycles. The Morgan fingerprint density at radius 2 is 2.04 bits per heavy atom. The van der Waals surface area contributed by atoms with E-state index in [4.69, 9.17) is 5.73 Å². The zero-order valence-corrected chi connectivity index (χ0v) is 15.6. The normalized spacial score (nSPS) is 13.3. The lowest BCUT2D eigenvalue weighted by atomic mass is 9.96. The van der Waals surface area contributed by atoms with Crippen LogP contribution >= 0.6 is 0 Å². The molecular formula is C21H20N6O. The van der Waals surface area contributed by atoms with Crippen molar-refractivity contribution in [1.29, 1.82) is 5.26 Å². The molecule has 0 saturated heterocycles. The SMILES string of the molecule is Cc1nn(CC2CC2)cc1C(=O)c1cc(C#N)ccc1-c1ncc(CN)cn1. The van der Waals surface area contributed by atoms with E-state index in [0.717, 1.165) is 12.1 Å². The van der Waals surface area contributed by atoms with Crippen LogP contribution < -0.4 is 5.73 Å². The molecule has 0 aliphatic heterocycles. The second-order valence-corrected chi connectivity index (χ2v) is 7.11. The average molecular weight is 372 g/mol. The standard InChI is InChI=1S/C21H20N6O/c1-13-19(12-27(26-13)11-14-2-3-14)20(28)18-6-15(7-22)4-5-17(18)21-24-9-16(8-23)10-25-21/h4-6,9-10,12,14H,2-3,8,11,23H2,1H3. The zero-order valence-electron chi connectivity index (χ0n) is 15.6. The first-order valence-corrected chi connectivity index (χ1v) is 9.23. The number of ketones is 1. The van der Waals surface area contributed by atoms with E-state index in [0.29, 0.717) is 46.2 Å². The lowest BCUT2D eigenvalue weighted by Crippen LogP contribution is -2.07. The smallest absolute Gasteiger partial charge is 0.197 e. The quantitative estimate of drug-likeness (QED) is 0.666. The van der Waals surface area contributed by atoms with Crippen molar-refractivity contribution in [2.24, 2.45) is 11.7 Å². The first-order valence-electron chi connectivity index (χ1n) is 9.23.